The van der Waals surface area contributed by atoms with Gasteiger partial charge in [0.15, 0.2) is 0 Å². The lowest BCUT2D eigenvalue weighted by Gasteiger charge is -2.07. The highest BCUT2D eigenvalue weighted by molar-refractivity contribution is 5.95. The average Bonchev–Trinajstić information content (AvgIpc) is 2.79. The van der Waals surface area contributed by atoms with Gasteiger partial charge in [-0.2, -0.15) is 5.10 Å². The van der Waals surface area contributed by atoms with Crippen molar-refractivity contribution in [2.45, 2.75) is 0 Å². The molecule has 0 aliphatic carbocycles. The molecule has 7 nitrogen and oxygen atoms in total. The zero-order valence-corrected chi connectivity index (χ0v) is 10.0. The van der Waals surface area contributed by atoms with E-state index in [1.54, 1.807) is 18.2 Å². The normalized spacial score (nSPS) is 10.2. The molecule has 3 N–H and O–H groups in total. The first-order valence-corrected chi connectivity index (χ1v) is 5.30. The van der Waals surface area contributed by atoms with Gasteiger partial charge in [0.05, 0.1) is 24.6 Å². The molecule has 0 fully saturated rings. The Kier molecular flexibility index (Phi) is 3.19. The molecule has 0 saturated heterocycles. The first kappa shape index (κ1) is 12.6. The molecule has 1 heterocycles. The first-order chi connectivity index (χ1) is 9.06. The van der Waals surface area contributed by atoms with E-state index >= 15 is 0 Å². The highest BCUT2D eigenvalue weighted by Crippen LogP contribution is 2.20. The van der Waals surface area contributed by atoms with Gasteiger partial charge in [-0.1, -0.05) is 12.1 Å². The lowest BCUT2D eigenvalue weighted by atomic mass is 10.2. The number of carboxylic acid groups (broad SMARTS) is 1. The monoisotopic (exact) mass is 261 g/mol. The predicted molar refractivity (Wildman–Crippen MR) is 66.3 cm³/mol. The number of carbonyl (C=O) groups excluding carboxylic acids is 1. The lowest BCUT2D eigenvalue weighted by Crippen LogP contribution is -2.10. The molecular formula is C12H11N3O4. The van der Waals surface area contributed by atoms with Crippen LogP contribution in [0.4, 0.5) is 5.82 Å². The molecule has 0 aliphatic rings. The number of ether oxygens (including phenoxy) is 1. The van der Waals surface area contributed by atoms with Gasteiger partial charge in [-0.05, 0) is 12.1 Å². The number of para-hydroxylation sites is 1. The van der Waals surface area contributed by atoms with Gasteiger partial charge in [-0.25, -0.2) is 14.3 Å². The molecule has 0 bridgehead atoms. The van der Waals surface area contributed by atoms with Gasteiger partial charge in [0.1, 0.15) is 11.4 Å². The van der Waals surface area contributed by atoms with Crippen molar-refractivity contribution in [2.75, 3.05) is 12.8 Å². The number of aromatic carboxylic acids is 1. The summed E-state index contributed by atoms with van der Waals surface area (Å²) in [6.07, 6.45) is 1.24. The van der Waals surface area contributed by atoms with Crippen molar-refractivity contribution in [3.8, 4) is 5.69 Å². The van der Waals surface area contributed by atoms with Gasteiger partial charge >= 0.3 is 11.9 Å². The third kappa shape index (κ3) is 2.13. The van der Waals surface area contributed by atoms with E-state index in [0.717, 1.165) is 0 Å². The average molecular weight is 261 g/mol. The molecule has 0 aliphatic heterocycles. The highest BCUT2D eigenvalue weighted by atomic mass is 16.5. The molecular weight excluding hydrogens is 250 g/mol. The Bertz CT molecular complexity index is 648. The summed E-state index contributed by atoms with van der Waals surface area (Å²) in [6.45, 7) is 0. The lowest BCUT2D eigenvalue weighted by molar-refractivity contribution is 0.0601. The zero-order valence-electron chi connectivity index (χ0n) is 10.0. The van der Waals surface area contributed by atoms with Gasteiger partial charge in [-0.15, -0.1) is 0 Å². The maximum Gasteiger partial charge on any atom is 0.343 e. The Labute approximate surface area is 108 Å². The van der Waals surface area contributed by atoms with Crippen molar-refractivity contribution in [3.63, 3.8) is 0 Å². The molecule has 98 valence electrons. The number of nitrogen functional groups attached to an aromatic ring is 1. The number of nitrogens with zero attached hydrogens (tertiary/aromatic N) is 2. The van der Waals surface area contributed by atoms with Crippen LogP contribution in [-0.4, -0.2) is 33.9 Å². The fourth-order valence-electron chi connectivity index (χ4n) is 1.66. The quantitative estimate of drug-likeness (QED) is 0.796. The molecule has 0 atom stereocenters. The molecule has 2 aromatic rings. The molecule has 7 heteroatoms. The van der Waals surface area contributed by atoms with Gasteiger partial charge in [0, 0.05) is 0 Å². The molecule has 1 aromatic carbocycles. The number of carboxylic acids is 1. The summed E-state index contributed by atoms with van der Waals surface area (Å²) in [5.41, 5.74) is 6.19. The van der Waals surface area contributed by atoms with Crippen LogP contribution in [0, 0.1) is 0 Å². The molecule has 0 radical (unpaired) electrons. The van der Waals surface area contributed by atoms with Crippen LogP contribution in [0.25, 0.3) is 5.69 Å². The standard InChI is InChI=1S/C12H11N3O4/c1-19-12(18)8-6-14-15(10(8)13)9-5-3-2-4-7(9)11(16)17/h2-6H,13H2,1H3,(H,16,17). The molecule has 19 heavy (non-hydrogen) atoms. The minimum Gasteiger partial charge on any atom is -0.478 e. The van der Waals surface area contributed by atoms with Crippen LogP contribution in [0.1, 0.15) is 20.7 Å². The van der Waals surface area contributed by atoms with Crippen molar-refractivity contribution >= 4 is 17.8 Å². The zero-order chi connectivity index (χ0) is 14.0. The summed E-state index contributed by atoms with van der Waals surface area (Å²) in [7, 11) is 1.23. The molecule has 0 saturated carbocycles. The van der Waals surface area contributed by atoms with Crippen molar-refractivity contribution in [2.24, 2.45) is 0 Å². The molecule has 0 amide bonds. The van der Waals surface area contributed by atoms with Crippen molar-refractivity contribution in [3.05, 3.63) is 41.6 Å². The number of carbonyl (C=O) groups is 2. The number of rotatable bonds is 3. The Hall–Kier alpha value is -2.83. The molecule has 2 rings (SSSR count). The highest BCUT2D eigenvalue weighted by Gasteiger charge is 2.19. The Morgan fingerprint density at radius 1 is 1.32 bits per heavy atom. The summed E-state index contributed by atoms with van der Waals surface area (Å²) < 4.78 is 5.75. The number of hydrogen-bond donors (Lipinski definition) is 2. The van der Waals surface area contributed by atoms with Crippen LogP contribution in [0.2, 0.25) is 0 Å². The second-order valence-corrected chi connectivity index (χ2v) is 3.67. The van der Waals surface area contributed by atoms with E-state index in [-0.39, 0.29) is 22.6 Å². The second-order valence-electron chi connectivity index (χ2n) is 3.67. The smallest absolute Gasteiger partial charge is 0.343 e. The summed E-state index contributed by atoms with van der Waals surface area (Å²) in [6, 6.07) is 6.22. The van der Waals surface area contributed by atoms with Gasteiger partial charge in [-0.3, -0.25) is 0 Å². The predicted octanol–water partition coefficient (Wildman–Crippen LogP) is 0.939. The number of benzene rings is 1. The van der Waals surface area contributed by atoms with Gasteiger partial charge in [0.2, 0.25) is 0 Å². The fraction of sp³-hybridized carbons (Fsp3) is 0.0833. The largest absolute Gasteiger partial charge is 0.478 e. The van der Waals surface area contributed by atoms with Gasteiger partial charge in [0.25, 0.3) is 0 Å². The topological polar surface area (TPSA) is 107 Å². The van der Waals surface area contributed by atoms with Crippen LogP contribution in [0.3, 0.4) is 0 Å². The number of esters is 1. The fourth-order valence-corrected chi connectivity index (χ4v) is 1.66. The number of aromatic nitrogens is 2. The Balaban J connectivity index is 2.58. The first-order valence-electron chi connectivity index (χ1n) is 5.30. The molecule has 0 unspecified atom stereocenters. The van der Waals surface area contributed by atoms with Crippen molar-refractivity contribution < 1.29 is 19.4 Å². The summed E-state index contributed by atoms with van der Waals surface area (Å²) >= 11 is 0. The van der Waals surface area contributed by atoms with Crippen LogP contribution in [-0.2, 0) is 4.74 Å². The number of methoxy groups -OCH3 is 1. The number of hydrogen-bond acceptors (Lipinski definition) is 5. The van der Waals surface area contributed by atoms with Crippen molar-refractivity contribution in [1.82, 2.24) is 9.78 Å². The Morgan fingerprint density at radius 2 is 2.00 bits per heavy atom. The van der Waals surface area contributed by atoms with E-state index in [1.165, 1.54) is 24.1 Å². The third-order valence-electron chi connectivity index (χ3n) is 2.57. The van der Waals surface area contributed by atoms with E-state index in [2.05, 4.69) is 9.84 Å². The molecule has 1 aromatic heterocycles. The van der Waals surface area contributed by atoms with Gasteiger partial charge < -0.3 is 15.6 Å². The Morgan fingerprint density at radius 3 is 2.63 bits per heavy atom. The van der Waals surface area contributed by atoms with Crippen LogP contribution < -0.4 is 5.73 Å². The minimum absolute atomic E-state index is 0.0283. The maximum atomic E-state index is 11.4. The van der Waals surface area contributed by atoms with E-state index in [0.29, 0.717) is 0 Å². The number of nitrogens with two attached hydrogens (primary N) is 1. The SMILES string of the molecule is COC(=O)c1cnn(-c2ccccc2C(=O)O)c1N. The van der Waals surface area contributed by atoms with Crippen LogP contribution in [0.5, 0.6) is 0 Å². The maximum absolute atomic E-state index is 11.4. The van der Waals surface area contributed by atoms with E-state index in [1.807, 2.05) is 0 Å². The van der Waals surface area contributed by atoms with Crippen LogP contribution in [0.15, 0.2) is 30.5 Å². The third-order valence-corrected chi connectivity index (χ3v) is 2.57. The van der Waals surface area contributed by atoms with E-state index in [9.17, 15) is 9.59 Å². The summed E-state index contributed by atoms with van der Waals surface area (Å²) in [5, 5.41) is 13.0. The summed E-state index contributed by atoms with van der Waals surface area (Å²) in [5.74, 6) is -1.71. The molecule has 0 spiro atoms. The van der Waals surface area contributed by atoms with E-state index < -0.39 is 11.9 Å². The minimum atomic E-state index is -1.11. The van der Waals surface area contributed by atoms with Crippen LogP contribution >= 0.6 is 0 Å². The van der Waals surface area contributed by atoms with E-state index in [4.69, 9.17) is 10.8 Å². The number of anilines is 1. The summed E-state index contributed by atoms with van der Waals surface area (Å²) in [4.78, 5) is 22.6. The second kappa shape index (κ2) is 4.81. The van der Waals surface area contributed by atoms with Crippen molar-refractivity contribution in [1.29, 1.82) is 0 Å².